The summed E-state index contributed by atoms with van der Waals surface area (Å²) in [7, 11) is 1.60. The molecular weight excluding hydrogens is 452 g/mol. The van der Waals surface area contributed by atoms with Crippen LogP contribution in [0.4, 0.5) is 5.82 Å². The molecule has 2 unspecified atom stereocenters. The number of benzene rings is 2. The molecule has 1 aromatic heterocycles. The van der Waals surface area contributed by atoms with Gasteiger partial charge in [0.05, 0.1) is 12.7 Å². The van der Waals surface area contributed by atoms with Crippen LogP contribution in [0.25, 0.3) is 0 Å². The second kappa shape index (κ2) is 11.5. The molecule has 2 aromatic carbocycles. The molecule has 2 amide bonds. The fourth-order valence-electron chi connectivity index (χ4n) is 4.67. The fraction of sp³-hybridized carbons (Fsp3) is 0.276. The third-order valence-electron chi connectivity index (χ3n) is 6.65. The van der Waals surface area contributed by atoms with E-state index in [1.807, 2.05) is 66.4 Å². The summed E-state index contributed by atoms with van der Waals surface area (Å²) in [5.74, 6) is 1.17. The summed E-state index contributed by atoms with van der Waals surface area (Å²) in [5, 5.41) is 6.09. The van der Waals surface area contributed by atoms with E-state index < -0.39 is 0 Å². The number of anilines is 1. The number of amides is 2. The molecule has 2 atom stereocenters. The average molecular weight is 485 g/mol. The van der Waals surface area contributed by atoms with Gasteiger partial charge in [0.2, 0.25) is 0 Å². The van der Waals surface area contributed by atoms with Gasteiger partial charge in [-0.25, -0.2) is 4.98 Å². The van der Waals surface area contributed by atoms with Gasteiger partial charge in [-0.3, -0.25) is 9.59 Å². The van der Waals surface area contributed by atoms with Crippen LogP contribution in [-0.4, -0.2) is 36.0 Å². The van der Waals surface area contributed by atoms with Crippen LogP contribution in [0.15, 0.2) is 79.6 Å². The number of ether oxygens (including phenoxy) is 1. The van der Waals surface area contributed by atoms with Crippen molar-refractivity contribution in [2.24, 2.45) is 0 Å². The van der Waals surface area contributed by atoms with Crippen molar-refractivity contribution < 1.29 is 14.3 Å². The Bertz CT molecular complexity index is 1210. The van der Waals surface area contributed by atoms with E-state index in [1.165, 1.54) is 0 Å². The largest absolute Gasteiger partial charge is 0.496 e. The van der Waals surface area contributed by atoms with Gasteiger partial charge in [0.25, 0.3) is 11.8 Å². The molecule has 1 heterocycles. The molecule has 7 heteroatoms. The Labute approximate surface area is 212 Å². The Morgan fingerprint density at radius 1 is 1.08 bits per heavy atom. The number of carbonyl (C=O) groups is 2. The van der Waals surface area contributed by atoms with Gasteiger partial charge < -0.3 is 20.3 Å². The van der Waals surface area contributed by atoms with Crippen molar-refractivity contribution in [3.8, 4) is 5.75 Å². The van der Waals surface area contributed by atoms with E-state index in [1.54, 1.807) is 25.6 Å². The summed E-state index contributed by atoms with van der Waals surface area (Å²) in [5.41, 5.74) is 3.00. The molecule has 1 fully saturated rings. The van der Waals surface area contributed by atoms with E-state index in [2.05, 4.69) is 22.2 Å². The number of carbonyl (C=O) groups excluding carboxylic acids is 2. The van der Waals surface area contributed by atoms with E-state index in [4.69, 9.17) is 4.74 Å². The summed E-state index contributed by atoms with van der Waals surface area (Å²) >= 11 is 0. The first kappa shape index (κ1) is 25.0. The summed E-state index contributed by atoms with van der Waals surface area (Å²) in [4.78, 5) is 32.0. The Morgan fingerprint density at radius 3 is 2.58 bits per heavy atom. The summed E-state index contributed by atoms with van der Waals surface area (Å²) in [6.07, 6.45) is 5.89. The Hall–Kier alpha value is -4.13. The van der Waals surface area contributed by atoms with Crippen LogP contribution in [0.3, 0.4) is 0 Å². The van der Waals surface area contributed by atoms with Gasteiger partial charge >= 0.3 is 0 Å². The Morgan fingerprint density at radius 2 is 1.89 bits per heavy atom. The molecule has 36 heavy (non-hydrogen) atoms. The number of rotatable bonds is 9. The molecule has 0 aliphatic heterocycles. The van der Waals surface area contributed by atoms with Crippen molar-refractivity contribution in [1.82, 2.24) is 15.6 Å². The normalized spacial score (nSPS) is 16.7. The Kier molecular flexibility index (Phi) is 8.00. The highest BCUT2D eigenvalue weighted by molar-refractivity contribution is 5.96. The molecule has 0 saturated heterocycles. The zero-order valence-electron chi connectivity index (χ0n) is 20.7. The zero-order valence-corrected chi connectivity index (χ0v) is 20.7. The van der Waals surface area contributed by atoms with Crippen LogP contribution in [0.1, 0.15) is 51.1 Å². The zero-order chi connectivity index (χ0) is 25.5. The van der Waals surface area contributed by atoms with Gasteiger partial charge in [-0.05, 0) is 62.2 Å². The smallest absolute Gasteiger partial charge is 0.253 e. The highest BCUT2D eigenvalue weighted by Gasteiger charge is 2.30. The number of hydrogen-bond donors (Lipinski definition) is 2. The maximum absolute atomic E-state index is 12.9. The first-order valence-corrected chi connectivity index (χ1v) is 12.1. The van der Waals surface area contributed by atoms with Crippen LogP contribution in [0.2, 0.25) is 0 Å². The fourth-order valence-corrected chi connectivity index (χ4v) is 4.67. The minimum atomic E-state index is -0.167. The summed E-state index contributed by atoms with van der Waals surface area (Å²) in [6, 6.07) is 19.1. The van der Waals surface area contributed by atoms with Gasteiger partial charge in [-0.1, -0.05) is 43.0 Å². The van der Waals surface area contributed by atoms with Gasteiger partial charge in [0, 0.05) is 36.0 Å². The third-order valence-corrected chi connectivity index (χ3v) is 6.65. The lowest BCUT2D eigenvalue weighted by Crippen LogP contribution is -2.36. The molecule has 186 valence electrons. The molecule has 1 saturated carbocycles. The second-order valence-corrected chi connectivity index (χ2v) is 8.93. The molecular formula is C29H32N4O3. The molecule has 0 radical (unpaired) electrons. The maximum atomic E-state index is 12.9. The van der Waals surface area contributed by atoms with Crippen LogP contribution in [0.5, 0.6) is 5.75 Å². The second-order valence-electron chi connectivity index (χ2n) is 8.93. The lowest BCUT2D eigenvalue weighted by molar-refractivity contribution is 0.0933. The minimum absolute atomic E-state index is 0.0542. The standard InChI is InChI=1S/C29H32N4O3/c1-4-33(27-16-13-22(19-30-27)28(34)31-18-21-9-6-5-7-10-21)24-15-14-23(17-24)32-29(35)25-11-8-12-26(36-3)20(25)2/h4-13,16,19,23-24H,1,14-15,17-18H2,2-3H3,(H,31,34)(H,32,35). The first-order valence-electron chi connectivity index (χ1n) is 12.1. The number of nitrogens with one attached hydrogen (secondary N) is 2. The van der Waals surface area contributed by atoms with Crippen molar-refractivity contribution >= 4 is 17.6 Å². The summed E-state index contributed by atoms with van der Waals surface area (Å²) in [6.45, 7) is 6.33. The van der Waals surface area contributed by atoms with Crippen molar-refractivity contribution in [3.05, 3.63) is 102 Å². The predicted octanol–water partition coefficient (Wildman–Crippen LogP) is 4.63. The van der Waals surface area contributed by atoms with Crippen molar-refractivity contribution in [2.45, 2.75) is 44.8 Å². The molecule has 2 N–H and O–H groups in total. The number of pyridine rings is 1. The molecule has 4 rings (SSSR count). The van der Waals surface area contributed by atoms with Crippen LogP contribution < -0.4 is 20.3 Å². The third kappa shape index (κ3) is 5.74. The number of methoxy groups -OCH3 is 1. The topological polar surface area (TPSA) is 83.6 Å². The van der Waals surface area contributed by atoms with E-state index in [0.717, 1.165) is 36.2 Å². The molecule has 1 aliphatic rings. The lowest BCUT2D eigenvalue weighted by atomic mass is 10.1. The van der Waals surface area contributed by atoms with E-state index in [0.29, 0.717) is 23.4 Å². The van der Waals surface area contributed by atoms with E-state index in [-0.39, 0.29) is 23.9 Å². The van der Waals surface area contributed by atoms with Crippen LogP contribution in [0, 0.1) is 6.92 Å². The van der Waals surface area contributed by atoms with E-state index >= 15 is 0 Å². The first-order chi connectivity index (χ1) is 17.5. The quantitative estimate of drug-likeness (QED) is 0.463. The van der Waals surface area contributed by atoms with Crippen LogP contribution >= 0.6 is 0 Å². The molecule has 0 bridgehead atoms. The van der Waals surface area contributed by atoms with Gasteiger partial charge in [-0.2, -0.15) is 0 Å². The maximum Gasteiger partial charge on any atom is 0.253 e. The lowest BCUT2D eigenvalue weighted by Gasteiger charge is -2.26. The highest BCUT2D eigenvalue weighted by Crippen LogP contribution is 2.29. The monoisotopic (exact) mass is 484 g/mol. The van der Waals surface area contributed by atoms with Crippen molar-refractivity contribution in [2.75, 3.05) is 12.0 Å². The summed E-state index contributed by atoms with van der Waals surface area (Å²) < 4.78 is 5.35. The predicted molar refractivity (Wildman–Crippen MR) is 141 cm³/mol. The van der Waals surface area contributed by atoms with Crippen LogP contribution in [-0.2, 0) is 6.54 Å². The van der Waals surface area contributed by atoms with E-state index in [9.17, 15) is 9.59 Å². The molecule has 0 spiro atoms. The average Bonchev–Trinajstić information content (AvgIpc) is 3.36. The van der Waals surface area contributed by atoms with Gasteiger partial charge in [-0.15, -0.1) is 0 Å². The molecule has 7 nitrogen and oxygen atoms in total. The highest BCUT2D eigenvalue weighted by atomic mass is 16.5. The van der Waals surface area contributed by atoms with Crippen molar-refractivity contribution in [1.29, 1.82) is 0 Å². The van der Waals surface area contributed by atoms with Crippen molar-refractivity contribution in [3.63, 3.8) is 0 Å². The van der Waals surface area contributed by atoms with Gasteiger partial charge in [0.1, 0.15) is 11.6 Å². The van der Waals surface area contributed by atoms with Gasteiger partial charge in [0.15, 0.2) is 0 Å². The number of nitrogens with zero attached hydrogens (tertiary/aromatic N) is 2. The number of aromatic nitrogens is 1. The Balaban J connectivity index is 1.35. The SMILES string of the molecule is C=CN(c1ccc(C(=O)NCc2ccccc2)cn1)C1CCC(NC(=O)c2cccc(OC)c2C)C1. The molecule has 1 aliphatic carbocycles. The minimum Gasteiger partial charge on any atom is -0.496 e. The molecule has 3 aromatic rings. The number of hydrogen-bond acceptors (Lipinski definition) is 5.